The summed E-state index contributed by atoms with van der Waals surface area (Å²) in [4.78, 5) is 24.3. The van der Waals surface area contributed by atoms with Gasteiger partial charge in [0.05, 0.1) is 19.2 Å². The van der Waals surface area contributed by atoms with E-state index in [9.17, 15) is 9.59 Å². The molecular formula is C10H9N3O4. The van der Waals surface area contributed by atoms with Gasteiger partial charge >= 0.3 is 5.97 Å². The minimum Gasteiger partial charge on any atom is -0.469 e. The topological polar surface area (TPSA) is 96.4 Å². The van der Waals surface area contributed by atoms with E-state index in [2.05, 4.69) is 9.89 Å². The van der Waals surface area contributed by atoms with E-state index in [-0.39, 0.29) is 30.3 Å². The second kappa shape index (κ2) is 4.25. The van der Waals surface area contributed by atoms with E-state index in [1.165, 1.54) is 18.2 Å². The van der Waals surface area contributed by atoms with Gasteiger partial charge in [0, 0.05) is 13.0 Å². The van der Waals surface area contributed by atoms with Crippen LogP contribution in [0, 0.1) is 17.2 Å². The molecule has 0 bridgehead atoms. The van der Waals surface area contributed by atoms with Gasteiger partial charge in [0.25, 0.3) is 5.88 Å². The predicted octanol–water partition coefficient (Wildman–Crippen LogP) is 0.0722. The first-order valence-corrected chi connectivity index (χ1v) is 4.90. The number of hydrogen-bond acceptors (Lipinski definition) is 6. The van der Waals surface area contributed by atoms with Crippen LogP contribution in [0.3, 0.4) is 0 Å². The second-order valence-corrected chi connectivity index (χ2v) is 3.58. The maximum atomic E-state index is 11.7. The lowest BCUT2D eigenvalue weighted by molar-refractivity contribution is -0.145. The van der Waals surface area contributed by atoms with Gasteiger partial charge in [-0.25, -0.2) is 0 Å². The summed E-state index contributed by atoms with van der Waals surface area (Å²) in [5, 5.41) is 12.3. The maximum absolute atomic E-state index is 11.7. The summed E-state index contributed by atoms with van der Waals surface area (Å²) in [6.45, 7) is 0.148. The summed E-state index contributed by atoms with van der Waals surface area (Å²) in [6, 6.07) is 1.86. The molecule has 7 nitrogen and oxygen atoms in total. The van der Waals surface area contributed by atoms with E-state index in [4.69, 9.17) is 9.78 Å². The fraction of sp³-hybridized carbons (Fsp3) is 0.400. The van der Waals surface area contributed by atoms with Crippen LogP contribution in [0.15, 0.2) is 10.7 Å². The molecule has 1 amide bonds. The highest BCUT2D eigenvalue weighted by Gasteiger charge is 2.38. The number of ether oxygens (including phenoxy) is 1. The van der Waals surface area contributed by atoms with E-state index in [1.807, 2.05) is 6.07 Å². The van der Waals surface area contributed by atoms with Crippen LogP contribution in [0.5, 0.6) is 0 Å². The Morgan fingerprint density at radius 2 is 2.53 bits per heavy atom. The highest BCUT2D eigenvalue weighted by Crippen LogP contribution is 2.28. The van der Waals surface area contributed by atoms with Gasteiger partial charge in [-0.15, -0.1) is 0 Å². The zero-order valence-electron chi connectivity index (χ0n) is 9.04. The number of esters is 1. The van der Waals surface area contributed by atoms with Gasteiger partial charge in [-0.2, -0.15) is 5.26 Å². The van der Waals surface area contributed by atoms with Crippen molar-refractivity contribution in [2.24, 2.45) is 5.92 Å². The van der Waals surface area contributed by atoms with Crippen molar-refractivity contribution in [3.05, 3.63) is 11.8 Å². The third kappa shape index (κ3) is 1.85. The second-order valence-electron chi connectivity index (χ2n) is 3.58. The lowest BCUT2D eigenvalue weighted by Crippen LogP contribution is -2.26. The number of amides is 1. The number of nitrogens with zero attached hydrogens (tertiary/aromatic N) is 3. The molecule has 17 heavy (non-hydrogen) atoms. The number of aromatic nitrogens is 1. The highest BCUT2D eigenvalue weighted by molar-refractivity contribution is 5.99. The largest absolute Gasteiger partial charge is 0.469 e. The van der Waals surface area contributed by atoms with Crippen molar-refractivity contribution in [1.29, 1.82) is 5.26 Å². The molecule has 1 aliphatic rings. The number of hydrogen-bond donors (Lipinski definition) is 0. The van der Waals surface area contributed by atoms with Gasteiger partial charge in [0.15, 0.2) is 0 Å². The molecule has 0 spiro atoms. The van der Waals surface area contributed by atoms with Gasteiger partial charge in [-0.3, -0.25) is 14.5 Å². The number of nitriles is 1. The minimum atomic E-state index is -0.524. The van der Waals surface area contributed by atoms with Gasteiger partial charge in [0.2, 0.25) is 5.91 Å². The standard InChI is InChI=1S/C10H9N3O4/c1-16-10(15)6-2-8(14)13(5-6)9-7(3-11)4-12-17-9/h4,6H,2,5H2,1H3. The minimum absolute atomic E-state index is 0.0538. The predicted molar refractivity (Wildman–Crippen MR) is 53.7 cm³/mol. The highest BCUT2D eigenvalue weighted by atomic mass is 16.5. The summed E-state index contributed by atoms with van der Waals surface area (Å²) in [7, 11) is 1.27. The molecule has 88 valence electrons. The Kier molecular flexibility index (Phi) is 2.78. The normalized spacial score (nSPS) is 19.2. The lowest BCUT2D eigenvalue weighted by Gasteiger charge is -2.11. The van der Waals surface area contributed by atoms with Crippen LogP contribution >= 0.6 is 0 Å². The molecule has 0 aromatic carbocycles. The summed E-state index contributed by atoms with van der Waals surface area (Å²) in [6.07, 6.45) is 1.28. The Balaban J connectivity index is 2.22. The van der Waals surface area contributed by atoms with Gasteiger partial charge < -0.3 is 9.26 Å². The van der Waals surface area contributed by atoms with E-state index in [0.717, 1.165) is 0 Å². The Morgan fingerprint density at radius 1 is 1.76 bits per heavy atom. The fourth-order valence-corrected chi connectivity index (χ4v) is 1.73. The maximum Gasteiger partial charge on any atom is 0.311 e. The average Bonchev–Trinajstić information content (AvgIpc) is 2.93. The molecule has 2 heterocycles. The summed E-state index contributed by atoms with van der Waals surface area (Å²) in [5.74, 6) is -1.17. The molecule has 1 aliphatic heterocycles. The third-order valence-electron chi connectivity index (χ3n) is 2.58. The van der Waals surface area contributed by atoms with Crippen molar-refractivity contribution in [2.45, 2.75) is 6.42 Å². The van der Waals surface area contributed by atoms with Crippen molar-refractivity contribution in [1.82, 2.24) is 5.16 Å². The first kappa shape index (κ1) is 11.1. The molecule has 1 atom stereocenters. The average molecular weight is 235 g/mol. The van der Waals surface area contributed by atoms with Crippen molar-refractivity contribution in [3.8, 4) is 6.07 Å². The zero-order valence-corrected chi connectivity index (χ0v) is 9.04. The Bertz CT molecular complexity index is 502. The first-order chi connectivity index (χ1) is 8.17. The van der Waals surface area contributed by atoms with Crippen molar-refractivity contribution < 1.29 is 18.8 Å². The fourth-order valence-electron chi connectivity index (χ4n) is 1.73. The lowest BCUT2D eigenvalue weighted by atomic mass is 10.1. The first-order valence-electron chi connectivity index (χ1n) is 4.90. The van der Waals surface area contributed by atoms with Crippen LogP contribution in [0.2, 0.25) is 0 Å². The Hall–Kier alpha value is -2.36. The molecule has 1 aromatic heterocycles. The van der Waals surface area contributed by atoms with E-state index >= 15 is 0 Å². The molecule has 2 rings (SSSR count). The zero-order chi connectivity index (χ0) is 12.4. The van der Waals surface area contributed by atoms with Crippen molar-refractivity contribution in [3.63, 3.8) is 0 Å². The molecule has 1 saturated heterocycles. The molecule has 0 saturated carbocycles. The molecule has 1 unspecified atom stereocenters. The Morgan fingerprint density at radius 3 is 3.18 bits per heavy atom. The molecule has 0 N–H and O–H groups in total. The van der Waals surface area contributed by atoms with Crippen molar-refractivity contribution in [2.75, 3.05) is 18.6 Å². The molecule has 1 fully saturated rings. The number of methoxy groups -OCH3 is 1. The summed E-state index contributed by atoms with van der Waals surface area (Å²) in [5.41, 5.74) is 0.170. The molecule has 1 aromatic rings. The molecule has 0 radical (unpaired) electrons. The summed E-state index contributed by atoms with van der Waals surface area (Å²) < 4.78 is 9.43. The van der Waals surface area contributed by atoms with E-state index in [1.54, 1.807) is 0 Å². The van der Waals surface area contributed by atoms with Crippen LogP contribution in [0.4, 0.5) is 5.88 Å². The number of anilines is 1. The quantitative estimate of drug-likeness (QED) is 0.673. The van der Waals surface area contributed by atoms with Crippen molar-refractivity contribution >= 4 is 17.8 Å². The number of carbonyl (C=O) groups excluding carboxylic acids is 2. The molecule has 0 aliphatic carbocycles. The van der Waals surface area contributed by atoms with E-state index in [0.29, 0.717) is 0 Å². The van der Waals surface area contributed by atoms with Crippen LogP contribution in [-0.4, -0.2) is 30.7 Å². The third-order valence-corrected chi connectivity index (χ3v) is 2.58. The SMILES string of the molecule is COC(=O)C1CC(=O)N(c2oncc2C#N)C1. The van der Waals surface area contributed by atoms with E-state index < -0.39 is 11.9 Å². The van der Waals surface area contributed by atoms with Gasteiger partial charge in [-0.05, 0) is 0 Å². The van der Waals surface area contributed by atoms with Crippen LogP contribution in [0.1, 0.15) is 12.0 Å². The van der Waals surface area contributed by atoms with Gasteiger partial charge in [0.1, 0.15) is 11.6 Å². The van der Waals surface area contributed by atoms with Crippen LogP contribution in [-0.2, 0) is 14.3 Å². The smallest absolute Gasteiger partial charge is 0.311 e. The van der Waals surface area contributed by atoms with Crippen LogP contribution in [0.25, 0.3) is 0 Å². The number of rotatable bonds is 2. The monoisotopic (exact) mass is 235 g/mol. The van der Waals surface area contributed by atoms with Crippen LogP contribution < -0.4 is 4.90 Å². The number of carbonyl (C=O) groups is 2. The Labute approximate surface area is 96.5 Å². The van der Waals surface area contributed by atoms with Gasteiger partial charge in [-0.1, -0.05) is 5.16 Å². The summed E-state index contributed by atoms with van der Waals surface area (Å²) >= 11 is 0. The molecular weight excluding hydrogens is 226 g/mol. The molecule has 7 heteroatoms.